The monoisotopic (exact) mass is 414 g/mol. The predicted octanol–water partition coefficient (Wildman–Crippen LogP) is 4.20. The molecular formula is C22H26N2O4S. The van der Waals surface area contributed by atoms with Gasteiger partial charge in [-0.15, -0.1) is 0 Å². The molecule has 1 aliphatic heterocycles. The van der Waals surface area contributed by atoms with E-state index in [4.69, 9.17) is 10.2 Å². The maximum absolute atomic E-state index is 9.55. The lowest BCUT2D eigenvalue weighted by molar-refractivity contribution is -0.134. The van der Waals surface area contributed by atoms with Crippen LogP contribution in [0.5, 0.6) is 0 Å². The second-order valence-corrected chi connectivity index (χ2v) is 8.11. The zero-order chi connectivity index (χ0) is 21.4. The molecule has 1 heterocycles. The molecule has 2 N–H and O–H groups in total. The Morgan fingerprint density at radius 2 is 1.41 bits per heavy atom. The number of anilines is 2. The maximum Gasteiger partial charge on any atom is 0.328 e. The van der Waals surface area contributed by atoms with Crippen LogP contribution in [0.4, 0.5) is 11.4 Å². The number of nitrogens with zero attached hydrogens (tertiary/aromatic N) is 2. The molecule has 0 radical (unpaired) electrons. The quantitative estimate of drug-likeness (QED) is 0.686. The standard InChI is InChI=1S/C18H22N2S.C4H4O4/c1-14(12-19(2)3)13-20-15-8-4-6-10-17(15)21-18-11-7-5-9-16(18)20;5-3(6)1-2-4(7)8/h4-11,14H,12-13H2,1-3H3;1-2H,(H,5,6)(H,7,8)/b;2-1-/t14-;/m1./s1. The fourth-order valence-corrected chi connectivity index (χ4v) is 4.21. The fraction of sp³-hybridized carbons (Fsp3) is 0.273. The molecule has 29 heavy (non-hydrogen) atoms. The van der Waals surface area contributed by atoms with E-state index in [0.29, 0.717) is 18.1 Å². The van der Waals surface area contributed by atoms with Gasteiger partial charge in [-0.05, 0) is 44.3 Å². The normalized spacial score (nSPS) is 13.3. The summed E-state index contributed by atoms with van der Waals surface area (Å²) in [6, 6.07) is 17.4. The number of para-hydroxylation sites is 2. The zero-order valence-corrected chi connectivity index (χ0v) is 17.6. The molecule has 0 saturated carbocycles. The van der Waals surface area contributed by atoms with Gasteiger partial charge in [0.15, 0.2) is 0 Å². The van der Waals surface area contributed by atoms with E-state index in [1.807, 2.05) is 11.8 Å². The van der Waals surface area contributed by atoms with Gasteiger partial charge in [-0.3, -0.25) is 0 Å². The van der Waals surface area contributed by atoms with Crippen molar-refractivity contribution in [3.8, 4) is 0 Å². The van der Waals surface area contributed by atoms with Crippen molar-refractivity contribution in [2.75, 3.05) is 32.1 Å². The van der Waals surface area contributed by atoms with Crippen molar-refractivity contribution in [3.63, 3.8) is 0 Å². The van der Waals surface area contributed by atoms with Gasteiger partial charge in [0.1, 0.15) is 0 Å². The molecule has 0 bridgehead atoms. The van der Waals surface area contributed by atoms with Gasteiger partial charge in [0, 0.05) is 35.0 Å². The topological polar surface area (TPSA) is 81.1 Å². The van der Waals surface area contributed by atoms with Gasteiger partial charge < -0.3 is 20.0 Å². The number of carboxylic acid groups (broad SMARTS) is 2. The minimum Gasteiger partial charge on any atom is -0.478 e. The van der Waals surface area contributed by atoms with Crippen LogP contribution in [0.1, 0.15) is 6.92 Å². The minimum atomic E-state index is -1.26. The van der Waals surface area contributed by atoms with Crippen molar-refractivity contribution < 1.29 is 19.8 Å². The molecule has 154 valence electrons. The molecule has 0 spiro atoms. The third-order valence-electron chi connectivity index (χ3n) is 4.07. The van der Waals surface area contributed by atoms with E-state index in [1.165, 1.54) is 21.2 Å². The van der Waals surface area contributed by atoms with Crippen LogP contribution in [0.25, 0.3) is 0 Å². The number of benzene rings is 2. The fourth-order valence-electron chi connectivity index (χ4n) is 3.11. The van der Waals surface area contributed by atoms with Crippen LogP contribution < -0.4 is 4.90 Å². The summed E-state index contributed by atoms with van der Waals surface area (Å²) < 4.78 is 0. The highest BCUT2D eigenvalue weighted by molar-refractivity contribution is 7.99. The Kier molecular flexibility index (Phi) is 8.30. The highest BCUT2D eigenvalue weighted by atomic mass is 32.2. The molecule has 7 heteroatoms. The smallest absolute Gasteiger partial charge is 0.328 e. The van der Waals surface area contributed by atoms with Gasteiger partial charge in [0.05, 0.1) is 11.4 Å². The Balaban J connectivity index is 0.000000321. The van der Waals surface area contributed by atoms with Crippen molar-refractivity contribution in [3.05, 3.63) is 60.7 Å². The Morgan fingerprint density at radius 1 is 0.966 bits per heavy atom. The van der Waals surface area contributed by atoms with Crippen LogP contribution in [0, 0.1) is 5.92 Å². The summed E-state index contributed by atoms with van der Waals surface area (Å²) in [4.78, 5) is 26.6. The average molecular weight is 415 g/mol. The summed E-state index contributed by atoms with van der Waals surface area (Å²) in [5, 5.41) is 15.6. The van der Waals surface area contributed by atoms with Crippen molar-refractivity contribution in [1.29, 1.82) is 0 Å². The number of rotatable bonds is 6. The van der Waals surface area contributed by atoms with Gasteiger partial charge in [-0.2, -0.15) is 0 Å². The van der Waals surface area contributed by atoms with E-state index in [-0.39, 0.29) is 0 Å². The first-order chi connectivity index (χ1) is 13.8. The summed E-state index contributed by atoms with van der Waals surface area (Å²) in [5.41, 5.74) is 2.68. The lowest BCUT2D eigenvalue weighted by Gasteiger charge is -2.35. The number of aliphatic carboxylic acids is 2. The number of carbonyl (C=O) groups is 2. The summed E-state index contributed by atoms with van der Waals surface area (Å²) in [6.07, 6.45) is 1.12. The van der Waals surface area contributed by atoms with E-state index in [2.05, 4.69) is 79.3 Å². The third-order valence-corrected chi connectivity index (χ3v) is 5.20. The van der Waals surface area contributed by atoms with E-state index in [9.17, 15) is 9.59 Å². The highest BCUT2D eigenvalue weighted by Crippen LogP contribution is 2.47. The third kappa shape index (κ3) is 6.96. The molecule has 0 saturated heterocycles. The summed E-state index contributed by atoms with van der Waals surface area (Å²) in [5.74, 6) is -1.90. The molecule has 0 unspecified atom stereocenters. The van der Waals surface area contributed by atoms with Gasteiger partial charge in [0.2, 0.25) is 0 Å². The van der Waals surface area contributed by atoms with Crippen LogP contribution >= 0.6 is 11.8 Å². The Bertz CT molecular complexity index is 821. The molecule has 1 atom stereocenters. The Labute approximate surface area is 175 Å². The first-order valence-corrected chi connectivity index (χ1v) is 10.0. The van der Waals surface area contributed by atoms with Crippen LogP contribution in [0.2, 0.25) is 0 Å². The molecule has 2 aromatic carbocycles. The molecule has 0 aliphatic carbocycles. The average Bonchev–Trinajstić information content (AvgIpc) is 2.66. The van der Waals surface area contributed by atoms with Crippen molar-refractivity contribution in [2.24, 2.45) is 5.92 Å². The molecule has 0 amide bonds. The number of fused-ring (bicyclic) bond motifs is 2. The number of hydrogen-bond acceptors (Lipinski definition) is 5. The number of hydrogen-bond donors (Lipinski definition) is 2. The van der Waals surface area contributed by atoms with Crippen LogP contribution in [0.15, 0.2) is 70.5 Å². The molecule has 0 fully saturated rings. The van der Waals surface area contributed by atoms with Crippen molar-refractivity contribution in [2.45, 2.75) is 16.7 Å². The van der Waals surface area contributed by atoms with Gasteiger partial charge in [-0.1, -0.05) is 43.0 Å². The molecular weight excluding hydrogens is 388 g/mol. The zero-order valence-electron chi connectivity index (χ0n) is 16.8. The maximum atomic E-state index is 9.55. The summed E-state index contributed by atoms with van der Waals surface area (Å²) in [7, 11) is 4.29. The Morgan fingerprint density at radius 3 is 1.83 bits per heavy atom. The lowest BCUT2D eigenvalue weighted by Crippen LogP contribution is -2.31. The van der Waals surface area contributed by atoms with Gasteiger partial charge in [-0.25, -0.2) is 9.59 Å². The molecule has 3 rings (SSSR count). The second-order valence-electron chi connectivity index (χ2n) is 7.03. The second kappa shape index (κ2) is 10.7. The summed E-state index contributed by atoms with van der Waals surface area (Å²) in [6.45, 7) is 4.48. The molecule has 0 aromatic heterocycles. The van der Waals surface area contributed by atoms with Crippen LogP contribution in [-0.2, 0) is 9.59 Å². The molecule has 1 aliphatic rings. The lowest BCUT2D eigenvalue weighted by atomic mass is 10.1. The molecule has 6 nitrogen and oxygen atoms in total. The van der Waals surface area contributed by atoms with Crippen LogP contribution in [0.3, 0.4) is 0 Å². The van der Waals surface area contributed by atoms with Crippen LogP contribution in [-0.4, -0.2) is 54.2 Å². The van der Waals surface area contributed by atoms with Crippen molar-refractivity contribution >= 4 is 35.1 Å². The minimum absolute atomic E-state index is 0.558. The predicted molar refractivity (Wildman–Crippen MR) is 116 cm³/mol. The number of carboxylic acids is 2. The van der Waals surface area contributed by atoms with E-state index in [1.54, 1.807) is 0 Å². The first kappa shape index (κ1) is 22.5. The largest absolute Gasteiger partial charge is 0.478 e. The molecule has 2 aromatic rings. The van der Waals surface area contributed by atoms with Gasteiger partial charge in [0.25, 0.3) is 0 Å². The van der Waals surface area contributed by atoms with Gasteiger partial charge >= 0.3 is 11.9 Å². The van der Waals surface area contributed by atoms with Crippen molar-refractivity contribution in [1.82, 2.24) is 4.90 Å². The van der Waals surface area contributed by atoms with E-state index < -0.39 is 11.9 Å². The highest BCUT2D eigenvalue weighted by Gasteiger charge is 2.24. The SMILES string of the molecule is C[C@H](CN(C)C)CN1c2ccccc2Sc2ccccc21.O=C(O)/C=C\C(=O)O. The summed E-state index contributed by atoms with van der Waals surface area (Å²) >= 11 is 1.88. The van der Waals surface area contributed by atoms with E-state index >= 15 is 0 Å². The van der Waals surface area contributed by atoms with E-state index in [0.717, 1.165) is 13.1 Å². The first-order valence-electron chi connectivity index (χ1n) is 9.20. The Hall–Kier alpha value is -2.77.